The summed E-state index contributed by atoms with van der Waals surface area (Å²) in [4.78, 5) is 127. The van der Waals surface area contributed by atoms with Crippen LogP contribution in [-0.2, 0) is 67.2 Å². The number of carbonyl (C=O) groups excluding carboxylic acids is 9. The Labute approximate surface area is 408 Å². The van der Waals surface area contributed by atoms with Gasteiger partial charge in [0, 0.05) is 43.8 Å². The molecule has 9 N–H and O–H groups in total. The van der Waals surface area contributed by atoms with E-state index in [2.05, 4.69) is 37.2 Å². The number of aliphatic hydroxyl groups is 1. The van der Waals surface area contributed by atoms with Gasteiger partial charge in [-0.05, 0) is 60.1 Å². The molecule has 7 rings (SSSR count). The van der Waals surface area contributed by atoms with Crippen molar-refractivity contribution in [3.8, 4) is 5.75 Å². The Bertz CT molecular complexity index is 2660. The fraction of sp³-hybridized carbons (Fsp3) is 0.420. The molecule has 2 fully saturated rings. The lowest BCUT2D eigenvalue weighted by Crippen LogP contribution is -2.60. The Balaban J connectivity index is 1.29. The maximum atomic E-state index is 15.0. The van der Waals surface area contributed by atoms with Gasteiger partial charge in [0.1, 0.15) is 48.0 Å². The zero-order chi connectivity index (χ0) is 50.9. The van der Waals surface area contributed by atoms with Crippen LogP contribution in [-0.4, -0.2) is 135 Å². The molecule has 0 unspecified atom stereocenters. The Morgan fingerprint density at radius 2 is 1.46 bits per heavy atom. The number of aromatic hydroxyl groups is 1. The normalized spacial score (nSPS) is 23.6. The van der Waals surface area contributed by atoms with Crippen molar-refractivity contribution in [2.75, 3.05) is 20.3 Å². The van der Waals surface area contributed by atoms with Crippen molar-refractivity contribution >= 4 is 64.1 Å². The first-order valence-electron chi connectivity index (χ1n) is 23.6. The minimum atomic E-state index is -1.69. The second-order valence-corrected chi connectivity index (χ2v) is 18.3. The van der Waals surface area contributed by atoms with Crippen molar-refractivity contribution in [3.05, 3.63) is 102 Å². The van der Waals surface area contributed by atoms with Crippen molar-refractivity contribution in [3.63, 3.8) is 0 Å². The molecule has 4 heterocycles. The van der Waals surface area contributed by atoms with Crippen molar-refractivity contribution in [1.82, 2.24) is 46.7 Å². The molecular formula is C50H59N9O12. The second kappa shape index (κ2) is 22.7. The molecule has 3 aliphatic rings. The number of hydrogen-bond donors (Lipinski definition) is 9. The maximum absolute atomic E-state index is 15.0. The largest absolute Gasteiger partial charge is 0.508 e. The molecule has 0 saturated carbocycles. The van der Waals surface area contributed by atoms with E-state index >= 15 is 4.79 Å². The van der Waals surface area contributed by atoms with E-state index in [0.29, 0.717) is 34.0 Å². The van der Waals surface area contributed by atoms with Crippen molar-refractivity contribution < 1.29 is 58.1 Å². The number of nitrogens with zero attached hydrogens (tertiary/aromatic N) is 2. The van der Waals surface area contributed by atoms with Crippen LogP contribution in [0, 0.1) is 5.92 Å². The number of nitrogens with one attached hydrogen (secondary N) is 7. The highest BCUT2D eigenvalue weighted by atomic mass is 16.5. The van der Waals surface area contributed by atoms with Gasteiger partial charge in [0.2, 0.25) is 41.4 Å². The highest BCUT2D eigenvalue weighted by molar-refractivity contribution is 5.99. The summed E-state index contributed by atoms with van der Waals surface area (Å²) in [7, 11) is 1.12. The Hall–Kier alpha value is -7.81. The fourth-order valence-electron chi connectivity index (χ4n) is 9.18. The van der Waals surface area contributed by atoms with Crippen LogP contribution < -0.4 is 37.2 Å². The quantitative estimate of drug-likeness (QED) is 0.0814. The van der Waals surface area contributed by atoms with Crippen molar-refractivity contribution in [2.45, 2.75) is 107 Å². The monoisotopic (exact) mass is 977 g/mol. The first-order valence-corrected chi connectivity index (χ1v) is 23.6. The number of esters is 1. The molecule has 0 radical (unpaired) electrons. The van der Waals surface area contributed by atoms with Gasteiger partial charge in [-0.1, -0.05) is 74.5 Å². The minimum Gasteiger partial charge on any atom is -0.508 e. The van der Waals surface area contributed by atoms with E-state index in [4.69, 9.17) is 4.74 Å². The standard InChI is InChI=1S/C50H59N9O12/c1-27(2)41-47(67)53-34(22-28-10-5-4-6-11-28)43(63)55-37(26-60)45(65)54-36(50(70)71-3)24-30-25-59(38-13-8-7-12-32(30)38)42(48(68)56-41)57-44(64)35(23-29-15-17-31(61)18-16-29)52-46(66)39-14-9-21-58(39)49(69)33-19-20-40(62)51-33/h4-8,10-13,15-18,25,27,33-37,39,41-42,60-61H,9,14,19-24,26H2,1-3H3,(H,51,62)(H,52,66)(H,53,67)(H,54,65)(H,55,63)(H,56,68)(H,57,64)/t33-,34-,35-,36-,37-,39-,41-,42+/m0/s1. The van der Waals surface area contributed by atoms with E-state index < -0.39 is 108 Å². The molecule has 3 aromatic carbocycles. The number of phenolic OH excluding ortho intramolecular Hbond substituents is 1. The summed E-state index contributed by atoms with van der Waals surface area (Å²) < 4.78 is 6.49. The third-order valence-electron chi connectivity index (χ3n) is 13.0. The number of ether oxygens (including phenoxy) is 1. The van der Waals surface area contributed by atoms with E-state index in [9.17, 15) is 48.6 Å². The molecule has 3 aliphatic heterocycles. The summed E-state index contributed by atoms with van der Waals surface area (Å²) in [6.45, 7) is 2.69. The summed E-state index contributed by atoms with van der Waals surface area (Å²) in [5.74, 6) is -7.24. The van der Waals surface area contributed by atoms with Crippen LogP contribution in [0.15, 0.2) is 85.1 Å². The van der Waals surface area contributed by atoms with Gasteiger partial charge >= 0.3 is 5.97 Å². The Kier molecular flexibility index (Phi) is 16.4. The van der Waals surface area contributed by atoms with Gasteiger partial charge in [-0.2, -0.15) is 0 Å². The number of amides is 8. The molecule has 4 aromatic rings. The number of likely N-dealkylation sites (tertiary alicyclic amines) is 1. The molecule has 2 saturated heterocycles. The van der Waals surface area contributed by atoms with Gasteiger partial charge in [0.05, 0.1) is 19.2 Å². The number of fused-ring (bicyclic) bond motifs is 5. The molecule has 1 aromatic heterocycles. The lowest BCUT2D eigenvalue weighted by Gasteiger charge is -2.30. The van der Waals surface area contributed by atoms with Crippen LogP contribution in [0.4, 0.5) is 0 Å². The third kappa shape index (κ3) is 12.1. The van der Waals surface area contributed by atoms with Crippen LogP contribution in [0.25, 0.3) is 10.9 Å². The zero-order valence-corrected chi connectivity index (χ0v) is 39.5. The van der Waals surface area contributed by atoms with Crippen molar-refractivity contribution in [1.29, 1.82) is 0 Å². The van der Waals surface area contributed by atoms with Gasteiger partial charge in [0.15, 0.2) is 6.17 Å². The highest BCUT2D eigenvalue weighted by Crippen LogP contribution is 2.27. The van der Waals surface area contributed by atoms with E-state index in [1.807, 2.05) is 0 Å². The zero-order valence-electron chi connectivity index (χ0n) is 39.5. The molecule has 71 heavy (non-hydrogen) atoms. The number of phenols is 1. The number of carbonyl (C=O) groups is 9. The predicted octanol–water partition coefficient (Wildman–Crippen LogP) is -0.482. The van der Waals surface area contributed by atoms with Gasteiger partial charge in [-0.3, -0.25) is 38.4 Å². The first kappa shape index (κ1) is 51.1. The number of methoxy groups -OCH3 is 1. The molecule has 376 valence electrons. The molecule has 0 aliphatic carbocycles. The number of rotatable bonds is 12. The second-order valence-electron chi connectivity index (χ2n) is 18.3. The van der Waals surface area contributed by atoms with E-state index in [0.717, 1.165) is 7.11 Å². The Morgan fingerprint density at radius 1 is 0.775 bits per heavy atom. The summed E-state index contributed by atoms with van der Waals surface area (Å²) in [6.07, 6.45) is 0.546. The summed E-state index contributed by atoms with van der Waals surface area (Å²) in [6, 6.07) is 12.5. The smallest absolute Gasteiger partial charge is 0.328 e. The third-order valence-corrected chi connectivity index (χ3v) is 13.0. The fourth-order valence-corrected chi connectivity index (χ4v) is 9.18. The Morgan fingerprint density at radius 3 is 2.14 bits per heavy atom. The van der Waals surface area contributed by atoms with Crippen molar-refractivity contribution in [2.24, 2.45) is 5.92 Å². The maximum Gasteiger partial charge on any atom is 0.328 e. The minimum absolute atomic E-state index is 0.0514. The SMILES string of the molecule is COC(=O)[C@@H]1Cc2cn(c3ccccc23)[C@@H](NC(=O)[C@H](Cc2ccc(O)cc2)NC(=O)[C@@H]2CCCN2C(=O)[C@@H]2CCC(=O)N2)C(=O)N[C@@H](C(C)C)C(=O)N[C@@H](Cc2ccccc2)C(=O)N[C@@H](CO)C(=O)N1. The van der Waals surface area contributed by atoms with Crippen LogP contribution in [0.3, 0.4) is 0 Å². The number of hydrogen-bond acceptors (Lipinski definition) is 12. The van der Waals surface area contributed by atoms with Crippen LogP contribution in [0.2, 0.25) is 0 Å². The lowest BCUT2D eigenvalue weighted by molar-refractivity contribution is -0.145. The van der Waals surface area contributed by atoms with Crippen LogP contribution >= 0.6 is 0 Å². The number of aromatic nitrogens is 1. The molecule has 8 amide bonds. The molecule has 21 heteroatoms. The predicted molar refractivity (Wildman–Crippen MR) is 254 cm³/mol. The van der Waals surface area contributed by atoms with Crippen LogP contribution in [0.5, 0.6) is 5.75 Å². The summed E-state index contributed by atoms with van der Waals surface area (Å²) >= 11 is 0. The van der Waals surface area contributed by atoms with Gasteiger partial charge in [-0.15, -0.1) is 0 Å². The van der Waals surface area contributed by atoms with Crippen LogP contribution in [0.1, 0.15) is 62.4 Å². The molecule has 21 nitrogen and oxygen atoms in total. The first-order chi connectivity index (χ1) is 34.0. The molecule has 2 bridgehead atoms. The average Bonchev–Trinajstić information content (AvgIpc) is 4.12. The van der Waals surface area contributed by atoms with E-state index in [1.54, 1.807) is 80.6 Å². The topological polar surface area (TPSA) is 296 Å². The average molecular weight is 978 g/mol. The van der Waals surface area contributed by atoms with E-state index in [1.165, 1.54) is 27.8 Å². The van der Waals surface area contributed by atoms with Gasteiger partial charge in [0.25, 0.3) is 5.91 Å². The van der Waals surface area contributed by atoms with Gasteiger partial charge in [-0.25, -0.2) is 4.79 Å². The number of benzene rings is 3. The van der Waals surface area contributed by atoms with Gasteiger partial charge < -0.3 is 61.6 Å². The number of para-hydroxylation sites is 1. The highest BCUT2D eigenvalue weighted by Gasteiger charge is 2.42. The number of aliphatic hydroxyl groups excluding tert-OH is 1. The summed E-state index contributed by atoms with van der Waals surface area (Å²) in [5.41, 5.74) is 1.89. The molecule has 0 spiro atoms. The lowest BCUT2D eigenvalue weighted by atomic mass is 10.0. The molecular weight excluding hydrogens is 919 g/mol. The summed E-state index contributed by atoms with van der Waals surface area (Å²) in [5, 5.41) is 39.7. The molecule has 8 atom stereocenters. The van der Waals surface area contributed by atoms with E-state index in [-0.39, 0.29) is 56.7 Å².